The molecule has 1 aromatic heterocycles. The highest BCUT2D eigenvalue weighted by atomic mass is 19.1. The minimum Gasteiger partial charge on any atom is -0.337 e. The Hall–Kier alpha value is -3.36. The molecule has 1 aliphatic heterocycles. The van der Waals surface area contributed by atoms with Crippen LogP contribution in [0, 0.1) is 17.5 Å². The Morgan fingerprint density at radius 3 is 2.86 bits per heavy atom. The molecular weight excluding hydrogens is 373 g/mol. The zero-order valence-electron chi connectivity index (χ0n) is 14.6. The standard InChI is InChI=1S/C19H15F3N4O2/c20-13-3-1-2-11(6-13)18-24-17(28-25-18)9-23-19(27)26-5-4-15-12(10-26)7-14(21)8-16(15)22/h1-3,6-8H,4-5,9-10H2,(H,23,27). The first kappa shape index (κ1) is 18.0. The first-order chi connectivity index (χ1) is 13.5. The molecule has 4 rings (SSSR count). The van der Waals surface area contributed by atoms with Crippen molar-refractivity contribution in [1.29, 1.82) is 0 Å². The van der Waals surface area contributed by atoms with Crippen LogP contribution in [0.5, 0.6) is 0 Å². The van der Waals surface area contributed by atoms with Crippen molar-refractivity contribution >= 4 is 6.03 Å². The molecule has 6 nitrogen and oxygen atoms in total. The van der Waals surface area contributed by atoms with Crippen molar-refractivity contribution < 1.29 is 22.5 Å². The molecule has 144 valence electrons. The van der Waals surface area contributed by atoms with Crippen LogP contribution < -0.4 is 5.32 Å². The number of hydrogen-bond donors (Lipinski definition) is 1. The predicted molar refractivity (Wildman–Crippen MR) is 92.4 cm³/mol. The average Bonchev–Trinajstić information content (AvgIpc) is 3.14. The van der Waals surface area contributed by atoms with Gasteiger partial charge in [-0.2, -0.15) is 4.98 Å². The Morgan fingerprint density at radius 2 is 2.04 bits per heavy atom. The van der Waals surface area contributed by atoms with E-state index >= 15 is 0 Å². The quantitative estimate of drug-likeness (QED) is 0.746. The topological polar surface area (TPSA) is 71.3 Å². The normalized spacial score (nSPS) is 13.3. The molecule has 0 aliphatic carbocycles. The molecule has 28 heavy (non-hydrogen) atoms. The second-order valence-electron chi connectivity index (χ2n) is 6.38. The maximum Gasteiger partial charge on any atom is 0.318 e. The lowest BCUT2D eigenvalue weighted by atomic mass is 9.99. The van der Waals surface area contributed by atoms with Gasteiger partial charge in [0.1, 0.15) is 17.5 Å². The van der Waals surface area contributed by atoms with E-state index in [0.29, 0.717) is 29.7 Å². The van der Waals surface area contributed by atoms with E-state index in [1.54, 1.807) is 6.07 Å². The minimum atomic E-state index is -0.672. The summed E-state index contributed by atoms with van der Waals surface area (Å²) in [6.07, 6.45) is 0.305. The Kier molecular flexibility index (Phi) is 4.72. The van der Waals surface area contributed by atoms with E-state index in [9.17, 15) is 18.0 Å². The van der Waals surface area contributed by atoms with E-state index in [4.69, 9.17) is 4.52 Å². The van der Waals surface area contributed by atoms with Crippen LogP contribution in [-0.4, -0.2) is 27.6 Å². The third-order valence-electron chi connectivity index (χ3n) is 4.47. The Bertz CT molecular complexity index is 1040. The van der Waals surface area contributed by atoms with E-state index < -0.39 is 23.5 Å². The molecule has 2 aromatic carbocycles. The van der Waals surface area contributed by atoms with Crippen LogP contribution in [0.1, 0.15) is 17.0 Å². The second-order valence-corrected chi connectivity index (χ2v) is 6.38. The van der Waals surface area contributed by atoms with Crippen molar-refractivity contribution in [3.63, 3.8) is 0 Å². The van der Waals surface area contributed by atoms with Gasteiger partial charge in [0.2, 0.25) is 11.7 Å². The maximum atomic E-state index is 13.8. The van der Waals surface area contributed by atoms with Gasteiger partial charge in [0.25, 0.3) is 0 Å². The van der Waals surface area contributed by atoms with Gasteiger partial charge >= 0.3 is 6.03 Å². The summed E-state index contributed by atoms with van der Waals surface area (Å²) in [6, 6.07) is 7.42. The van der Waals surface area contributed by atoms with Crippen molar-refractivity contribution in [3.05, 3.63) is 70.9 Å². The Balaban J connectivity index is 1.39. The van der Waals surface area contributed by atoms with Gasteiger partial charge in [-0.25, -0.2) is 18.0 Å². The third-order valence-corrected chi connectivity index (χ3v) is 4.47. The van der Waals surface area contributed by atoms with Crippen molar-refractivity contribution in [2.75, 3.05) is 6.54 Å². The largest absolute Gasteiger partial charge is 0.337 e. The molecule has 0 fully saturated rings. The van der Waals surface area contributed by atoms with Crippen LogP contribution in [0.25, 0.3) is 11.4 Å². The lowest BCUT2D eigenvalue weighted by molar-refractivity contribution is 0.189. The molecule has 9 heteroatoms. The third kappa shape index (κ3) is 3.68. The second kappa shape index (κ2) is 7.34. The number of benzene rings is 2. The van der Waals surface area contributed by atoms with Crippen LogP contribution in [0.2, 0.25) is 0 Å². The van der Waals surface area contributed by atoms with Gasteiger partial charge in [0.15, 0.2) is 0 Å². The number of hydrogen-bond acceptors (Lipinski definition) is 4. The van der Waals surface area contributed by atoms with Gasteiger partial charge < -0.3 is 14.7 Å². The molecule has 0 saturated heterocycles. The number of carbonyl (C=O) groups excluding carboxylic acids is 1. The highest BCUT2D eigenvalue weighted by Crippen LogP contribution is 2.23. The molecule has 3 aromatic rings. The monoisotopic (exact) mass is 388 g/mol. The maximum absolute atomic E-state index is 13.8. The summed E-state index contributed by atoms with van der Waals surface area (Å²) in [4.78, 5) is 17.9. The molecule has 1 N–H and O–H groups in total. The molecule has 0 radical (unpaired) electrons. The zero-order valence-corrected chi connectivity index (χ0v) is 14.6. The number of aromatic nitrogens is 2. The van der Waals surface area contributed by atoms with Crippen LogP contribution in [0.3, 0.4) is 0 Å². The van der Waals surface area contributed by atoms with Gasteiger partial charge in [0.05, 0.1) is 6.54 Å². The highest BCUT2D eigenvalue weighted by molar-refractivity contribution is 5.74. The summed E-state index contributed by atoms with van der Waals surface area (Å²) in [5, 5.41) is 6.40. The zero-order chi connectivity index (χ0) is 19.7. The fourth-order valence-electron chi connectivity index (χ4n) is 3.12. The van der Waals surface area contributed by atoms with Crippen LogP contribution >= 0.6 is 0 Å². The number of halogens is 3. The smallest absolute Gasteiger partial charge is 0.318 e. The highest BCUT2D eigenvalue weighted by Gasteiger charge is 2.24. The van der Waals surface area contributed by atoms with E-state index in [-0.39, 0.29) is 24.8 Å². The number of nitrogens with zero attached hydrogens (tertiary/aromatic N) is 3. The lowest BCUT2D eigenvalue weighted by Crippen LogP contribution is -2.42. The molecule has 0 saturated carbocycles. The van der Waals surface area contributed by atoms with E-state index in [1.165, 1.54) is 29.2 Å². The van der Waals surface area contributed by atoms with Crippen molar-refractivity contribution in [3.8, 4) is 11.4 Å². The lowest BCUT2D eigenvalue weighted by Gasteiger charge is -2.29. The Morgan fingerprint density at radius 1 is 1.18 bits per heavy atom. The molecule has 0 spiro atoms. The van der Waals surface area contributed by atoms with Gasteiger partial charge in [0, 0.05) is 24.7 Å². The molecule has 0 atom stereocenters. The predicted octanol–water partition coefficient (Wildman–Crippen LogP) is 3.42. The number of rotatable bonds is 3. The van der Waals surface area contributed by atoms with E-state index in [0.717, 1.165) is 6.07 Å². The van der Waals surface area contributed by atoms with Gasteiger partial charge in [-0.3, -0.25) is 0 Å². The molecule has 2 heterocycles. The molecule has 1 aliphatic rings. The molecule has 0 unspecified atom stereocenters. The SMILES string of the molecule is O=C(NCc1nc(-c2cccc(F)c2)no1)N1CCc2c(F)cc(F)cc2C1. The first-order valence-electron chi connectivity index (χ1n) is 8.57. The summed E-state index contributed by atoms with van der Waals surface area (Å²) in [7, 11) is 0. The average molecular weight is 388 g/mol. The summed E-state index contributed by atoms with van der Waals surface area (Å²) in [6.45, 7) is 0.385. The van der Waals surface area contributed by atoms with Gasteiger partial charge in [-0.15, -0.1) is 0 Å². The molecular formula is C19H15F3N4O2. The summed E-state index contributed by atoms with van der Waals surface area (Å²) < 4.78 is 45.5. The number of urea groups is 1. The number of fused-ring (bicyclic) bond motifs is 1. The first-order valence-corrected chi connectivity index (χ1v) is 8.57. The van der Waals surface area contributed by atoms with Crippen molar-refractivity contribution in [2.24, 2.45) is 0 Å². The van der Waals surface area contributed by atoms with E-state index in [2.05, 4.69) is 15.5 Å². The number of amides is 2. The van der Waals surface area contributed by atoms with Gasteiger partial charge in [-0.05, 0) is 35.7 Å². The van der Waals surface area contributed by atoms with E-state index in [1.807, 2.05) is 0 Å². The summed E-state index contributed by atoms with van der Waals surface area (Å²) >= 11 is 0. The number of nitrogens with one attached hydrogen (secondary N) is 1. The number of carbonyl (C=O) groups is 1. The van der Waals surface area contributed by atoms with Crippen LogP contribution in [-0.2, 0) is 19.5 Å². The van der Waals surface area contributed by atoms with Crippen LogP contribution in [0.4, 0.5) is 18.0 Å². The summed E-state index contributed by atoms with van der Waals surface area (Å²) in [5.41, 5.74) is 1.34. The molecule has 0 bridgehead atoms. The minimum absolute atomic E-state index is 0.0258. The fourth-order valence-corrected chi connectivity index (χ4v) is 3.12. The molecule has 2 amide bonds. The fraction of sp³-hybridized carbons (Fsp3) is 0.211. The Labute approximate surface area is 158 Å². The van der Waals surface area contributed by atoms with Crippen molar-refractivity contribution in [1.82, 2.24) is 20.4 Å². The van der Waals surface area contributed by atoms with Crippen LogP contribution in [0.15, 0.2) is 40.9 Å². The van der Waals surface area contributed by atoms with Gasteiger partial charge in [-0.1, -0.05) is 17.3 Å². The van der Waals surface area contributed by atoms with Crippen molar-refractivity contribution in [2.45, 2.75) is 19.5 Å². The summed E-state index contributed by atoms with van der Waals surface area (Å²) in [5.74, 6) is -1.32.